The molecule has 0 spiro atoms. The third-order valence-corrected chi connectivity index (χ3v) is 2.47. The fraction of sp³-hybridized carbons (Fsp3) is 0.0769. The van der Waals surface area contributed by atoms with Crippen LogP contribution >= 0.6 is 0 Å². The molecule has 1 aromatic heterocycles. The summed E-state index contributed by atoms with van der Waals surface area (Å²) in [6, 6.07) is 7.27. The number of carbonyl (C=O) groups is 1. The highest BCUT2D eigenvalue weighted by atomic mass is 19.1. The minimum atomic E-state index is -1.30. The van der Waals surface area contributed by atoms with Gasteiger partial charge in [0.05, 0.1) is 12.7 Å². The van der Waals surface area contributed by atoms with Crippen LogP contribution in [0.4, 0.5) is 4.39 Å². The van der Waals surface area contributed by atoms with Gasteiger partial charge in [0, 0.05) is 12.3 Å². The lowest BCUT2D eigenvalue weighted by molar-refractivity contribution is 0.0692. The molecule has 2 aromatic rings. The third-order valence-electron chi connectivity index (χ3n) is 2.47. The summed E-state index contributed by atoms with van der Waals surface area (Å²) in [5.74, 6) is -1.64. The standard InChI is InChI=1S/C13H10FNO3/c1-18-12-7-9(4-5-15-12)8-2-3-11(14)10(6-8)13(16)17/h2-7H,1H3,(H,16,17). The zero-order valence-corrected chi connectivity index (χ0v) is 9.55. The number of carboxylic acid groups (broad SMARTS) is 1. The van der Waals surface area contributed by atoms with Crippen LogP contribution in [0, 0.1) is 5.82 Å². The number of rotatable bonds is 3. The van der Waals surface area contributed by atoms with E-state index in [4.69, 9.17) is 9.84 Å². The van der Waals surface area contributed by atoms with E-state index in [9.17, 15) is 9.18 Å². The number of hydrogen-bond donors (Lipinski definition) is 1. The van der Waals surface area contributed by atoms with Gasteiger partial charge in [-0.3, -0.25) is 0 Å². The Bertz CT molecular complexity index is 599. The van der Waals surface area contributed by atoms with Gasteiger partial charge in [-0.05, 0) is 29.3 Å². The molecule has 92 valence electrons. The summed E-state index contributed by atoms with van der Waals surface area (Å²) >= 11 is 0. The lowest BCUT2D eigenvalue weighted by Crippen LogP contribution is -2.00. The van der Waals surface area contributed by atoms with Crippen LogP contribution in [0.25, 0.3) is 11.1 Å². The quantitative estimate of drug-likeness (QED) is 0.905. The molecule has 0 radical (unpaired) electrons. The maximum Gasteiger partial charge on any atom is 0.338 e. The summed E-state index contributed by atoms with van der Waals surface area (Å²) < 4.78 is 18.2. The highest BCUT2D eigenvalue weighted by molar-refractivity contribution is 5.89. The fourth-order valence-corrected chi connectivity index (χ4v) is 1.57. The molecule has 0 aliphatic rings. The van der Waals surface area contributed by atoms with Crippen LogP contribution in [0.5, 0.6) is 5.88 Å². The van der Waals surface area contributed by atoms with Crippen molar-refractivity contribution in [2.45, 2.75) is 0 Å². The molecule has 1 heterocycles. The van der Waals surface area contributed by atoms with Crippen LogP contribution in [0.1, 0.15) is 10.4 Å². The largest absolute Gasteiger partial charge is 0.481 e. The van der Waals surface area contributed by atoms with Crippen molar-refractivity contribution in [1.29, 1.82) is 0 Å². The van der Waals surface area contributed by atoms with E-state index < -0.39 is 11.8 Å². The van der Waals surface area contributed by atoms with E-state index in [-0.39, 0.29) is 5.56 Å². The lowest BCUT2D eigenvalue weighted by atomic mass is 10.0. The highest BCUT2D eigenvalue weighted by Crippen LogP contribution is 2.24. The molecule has 0 aliphatic carbocycles. The van der Waals surface area contributed by atoms with Gasteiger partial charge in [-0.1, -0.05) is 6.07 Å². The van der Waals surface area contributed by atoms with Gasteiger partial charge in [0.25, 0.3) is 0 Å². The summed E-state index contributed by atoms with van der Waals surface area (Å²) in [4.78, 5) is 14.8. The van der Waals surface area contributed by atoms with Gasteiger partial charge in [0.2, 0.25) is 5.88 Å². The van der Waals surface area contributed by atoms with Crippen molar-refractivity contribution in [3.05, 3.63) is 47.9 Å². The summed E-state index contributed by atoms with van der Waals surface area (Å²) in [7, 11) is 1.49. The van der Waals surface area contributed by atoms with Crippen LogP contribution < -0.4 is 4.74 Å². The fourth-order valence-electron chi connectivity index (χ4n) is 1.57. The average molecular weight is 247 g/mol. The normalized spacial score (nSPS) is 10.1. The third kappa shape index (κ3) is 2.29. The Morgan fingerprint density at radius 2 is 2.00 bits per heavy atom. The molecule has 0 atom stereocenters. The topological polar surface area (TPSA) is 59.4 Å². The minimum absolute atomic E-state index is 0.358. The average Bonchev–Trinajstić information content (AvgIpc) is 2.39. The zero-order chi connectivity index (χ0) is 13.1. The van der Waals surface area contributed by atoms with Gasteiger partial charge in [-0.15, -0.1) is 0 Å². The molecule has 0 aliphatic heterocycles. The van der Waals surface area contributed by atoms with Crippen molar-refractivity contribution in [2.75, 3.05) is 7.11 Å². The SMILES string of the molecule is COc1cc(-c2ccc(F)c(C(=O)O)c2)ccn1. The summed E-state index contributed by atoms with van der Waals surface area (Å²) in [6.45, 7) is 0. The number of halogens is 1. The Balaban J connectivity index is 2.50. The first kappa shape index (κ1) is 12.0. The smallest absolute Gasteiger partial charge is 0.338 e. The minimum Gasteiger partial charge on any atom is -0.481 e. The van der Waals surface area contributed by atoms with E-state index in [0.717, 1.165) is 6.07 Å². The molecule has 1 N–H and O–H groups in total. The van der Waals surface area contributed by atoms with Gasteiger partial charge >= 0.3 is 5.97 Å². The summed E-state index contributed by atoms with van der Waals surface area (Å²) in [5.41, 5.74) is 0.946. The lowest BCUT2D eigenvalue weighted by Gasteiger charge is -2.05. The Kier molecular flexibility index (Phi) is 3.23. The van der Waals surface area contributed by atoms with Crippen LogP contribution in [-0.2, 0) is 0 Å². The van der Waals surface area contributed by atoms with Gasteiger partial charge in [0.1, 0.15) is 5.82 Å². The van der Waals surface area contributed by atoms with Gasteiger partial charge in [0.15, 0.2) is 0 Å². The molecular weight excluding hydrogens is 237 g/mol. The maximum atomic E-state index is 13.3. The summed E-state index contributed by atoms with van der Waals surface area (Å²) in [5, 5.41) is 8.86. The molecule has 5 heteroatoms. The van der Waals surface area contributed by atoms with E-state index in [1.54, 1.807) is 12.1 Å². The van der Waals surface area contributed by atoms with Gasteiger partial charge in [-0.25, -0.2) is 14.2 Å². The molecule has 0 fully saturated rings. The molecule has 0 bridgehead atoms. The number of aromatic carboxylic acids is 1. The number of benzene rings is 1. The highest BCUT2D eigenvalue weighted by Gasteiger charge is 2.11. The van der Waals surface area contributed by atoms with Crippen molar-refractivity contribution < 1.29 is 19.0 Å². The summed E-state index contributed by atoms with van der Waals surface area (Å²) in [6.07, 6.45) is 1.54. The van der Waals surface area contributed by atoms with Gasteiger partial charge < -0.3 is 9.84 Å². The second kappa shape index (κ2) is 4.83. The van der Waals surface area contributed by atoms with Crippen molar-refractivity contribution in [3.8, 4) is 17.0 Å². The van der Waals surface area contributed by atoms with Crippen LogP contribution in [0.3, 0.4) is 0 Å². The Hall–Kier alpha value is -2.43. The number of methoxy groups -OCH3 is 1. The zero-order valence-electron chi connectivity index (χ0n) is 9.55. The number of carboxylic acids is 1. The van der Waals surface area contributed by atoms with E-state index in [1.165, 1.54) is 25.4 Å². The van der Waals surface area contributed by atoms with Crippen molar-refractivity contribution >= 4 is 5.97 Å². The second-order valence-corrected chi connectivity index (χ2v) is 3.59. The molecule has 1 aromatic carbocycles. The molecule has 0 unspecified atom stereocenters. The predicted molar refractivity (Wildman–Crippen MR) is 63.1 cm³/mol. The van der Waals surface area contributed by atoms with Crippen LogP contribution in [0.2, 0.25) is 0 Å². The second-order valence-electron chi connectivity index (χ2n) is 3.59. The van der Waals surface area contributed by atoms with Gasteiger partial charge in [-0.2, -0.15) is 0 Å². The first-order chi connectivity index (χ1) is 8.61. The Morgan fingerprint density at radius 1 is 1.28 bits per heavy atom. The number of ether oxygens (including phenoxy) is 1. The Labute approximate surface area is 103 Å². The first-order valence-corrected chi connectivity index (χ1v) is 5.15. The molecular formula is C13H10FNO3. The Morgan fingerprint density at radius 3 is 2.67 bits per heavy atom. The number of aromatic nitrogens is 1. The van der Waals surface area contributed by atoms with Crippen molar-refractivity contribution in [2.24, 2.45) is 0 Å². The maximum absolute atomic E-state index is 13.3. The monoisotopic (exact) mass is 247 g/mol. The number of hydrogen-bond acceptors (Lipinski definition) is 3. The molecule has 4 nitrogen and oxygen atoms in total. The van der Waals surface area contributed by atoms with Crippen LogP contribution in [-0.4, -0.2) is 23.2 Å². The molecule has 0 saturated heterocycles. The van der Waals surface area contributed by atoms with Crippen molar-refractivity contribution in [1.82, 2.24) is 4.98 Å². The molecule has 0 saturated carbocycles. The van der Waals surface area contributed by atoms with E-state index in [1.807, 2.05) is 0 Å². The molecule has 0 amide bonds. The van der Waals surface area contributed by atoms with Crippen molar-refractivity contribution in [3.63, 3.8) is 0 Å². The molecule has 2 rings (SSSR count). The first-order valence-electron chi connectivity index (χ1n) is 5.15. The number of pyridine rings is 1. The number of nitrogens with zero attached hydrogens (tertiary/aromatic N) is 1. The molecule has 18 heavy (non-hydrogen) atoms. The predicted octanol–water partition coefficient (Wildman–Crippen LogP) is 2.59. The van der Waals surface area contributed by atoms with Crippen LogP contribution in [0.15, 0.2) is 36.5 Å². The van der Waals surface area contributed by atoms with E-state index in [0.29, 0.717) is 17.0 Å². The van der Waals surface area contributed by atoms with E-state index in [2.05, 4.69) is 4.98 Å². The van der Waals surface area contributed by atoms with E-state index >= 15 is 0 Å².